The van der Waals surface area contributed by atoms with E-state index in [2.05, 4.69) is 26.2 Å². The predicted octanol–water partition coefficient (Wildman–Crippen LogP) is 4.32. The highest BCUT2D eigenvalue weighted by molar-refractivity contribution is 7.92. The van der Waals surface area contributed by atoms with Crippen molar-refractivity contribution in [3.05, 3.63) is 72.6 Å². The molecule has 2 aromatic heterocycles. The van der Waals surface area contributed by atoms with Gasteiger partial charge < -0.3 is 15.6 Å². The van der Waals surface area contributed by atoms with Crippen LogP contribution >= 0.6 is 0 Å². The number of hydrogen-bond acceptors (Lipinski definition) is 6. The lowest BCUT2D eigenvalue weighted by molar-refractivity contribution is -0.116. The topological polar surface area (TPSA) is 115 Å². The predicted molar refractivity (Wildman–Crippen MR) is 138 cm³/mol. The number of nitrogens with two attached hydrogens (primary N) is 1. The van der Waals surface area contributed by atoms with Gasteiger partial charge in [0.1, 0.15) is 35.1 Å². The Balaban J connectivity index is 1.94. The highest BCUT2D eigenvalue weighted by atomic mass is 32.2. The summed E-state index contributed by atoms with van der Waals surface area (Å²) in [5.41, 5.74) is 8.61. The van der Waals surface area contributed by atoms with Crippen LogP contribution in [0, 0.1) is 11.6 Å². The van der Waals surface area contributed by atoms with E-state index in [0.29, 0.717) is 33.4 Å². The van der Waals surface area contributed by atoms with Gasteiger partial charge in [-0.1, -0.05) is 18.7 Å². The third-order valence-electron chi connectivity index (χ3n) is 5.49. The molecule has 3 N–H and O–H groups in total. The Hall–Kier alpha value is -4.12. The summed E-state index contributed by atoms with van der Waals surface area (Å²) in [5, 5.41) is 3.05. The molecule has 0 fully saturated rings. The maximum absolute atomic E-state index is 15.4. The van der Waals surface area contributed by atoms with Crippen molar-refractivity contribution < 1.29 is 17.8 Å². The molecule has 2 heterocycles. The number of nitrogens with one attached hydrogen (secondary N) is 1. The number of amides is 1. The van der Waals surface area contributed by atoms with Gasteiger partial charge in [-0.05, 0) is 41.5 Å². The van der Waals surface area contributed by atoms with Gasteiger partial charge in [-0.25, -0.2) is 23.0 Å². The first-order chi connectivity index (χ1) is 17.0. The van der Waals surface area contributed by atoms with Gasteiger partial charge in [0, 0.05) is 47.0 Å². The molecule has 0 saturated heterocycles. The van der Waals surface area contributed by atoms with Crippen LogP contribution in [0.5, 0.6) is 0 Å². The van der Waals surface area contributed by atoms with Gasteiger partial charge in [-0.15, -0.1) is 0 Å². The molecule has 0 atom stereocenters. The second-order valence-electron chi connectivity index (χ2n) is 8.42. The van der Waals surface area contributed by atoms with Crippen molar-refractivity contribution >= 4 is 38.2 Å². The van der Waals surface area contributed by atoms with Crippen LogP contribution in [0.25, 0.3) is 33.4 Å². The quantitative estimate of drug-likeness (QED) is 0.375. The molecule has 0 unspecified atom stereocenters. The Bertz CT molecular complexity index is 1650. The van der Waals surface area contributed by atoms with Gasteiger partial charge in [0.05, 0.1) is 11.1 Å². The number of fused-ring (bicyclic) bond motifs is 1. The monoisotopic (exact) mass is 510 g/mol. The van der Waals surface area contributed by atoms with Crippen molar-refractivity contribution in [2.45, 2.75) is 6.54 Å². The van der Waals surface area contributed by atoms with Gasteiger partial charge >= 0.3 is 0 Å². The largest absolute Gasteiger partial charge is 0.383 e. The highest BCUT2D eigenvalue weighted by Gasteiger charge is 2.24. The molecule has 0 spiro atoms. The lowest BCUT2D eigenvalue weighted by Crippen LogP contribution is -2.20. The summed E-state index contributed by atoms with van der Waals surface area (Å²) in [4.78, 5) is 19.8. The number of aromatic nitrogens is 3. The van der Waals surface area contributed by atoms with E-state index in [1.165, 1.54) is 37.0 Å². The molecule has 0 saturated carbocycles. The zero-order chi connectivity index (χ0) is 26.2. The summed E-state index contributed by atoms with van der Waals surface area (Å²) >= 11 is 0. The van der Waals surface area contributed by atoms with Gasteiger partial charge in [-0.3, -0.25) is 4.79 Å². The number of aryl methyl sites for hydroxylation is 1. The number of halogens is 2. The Labute approximate surface area is 207 Å². The molecular formula is C25H24F2N6O2S. The van der Waals surface area contributed by atoms with Crippen LogP contribution in [0.1, 0.15) is 5.56 Å². The Morgan fingerprint density at radius 2 is 1.94 bits per heavy atom. The highest BCUT2D eigenvalue weighted by Crippen LogP contribution is 2.43. The van der Waals surface area contributed by atoms with Crippen LogP contribution in [0.2, 0.25) is 0 Å². The smallest absolute Gasteiger partial charge is 0.243 e. The summed E-state index contributed by atoms with van der Waals surface area (Å²) in [5.74, 6) is -1.46. The number of benzene rings is 2. The van der Waals surface area contributed by atoms with E-state index in [1.54, 1.807) is 29.8 Å². The van der Waals surface area contributed by atoms with Crippen LogP contribution < -0.4 is 11.1 Å². The van der Waals surface area contributed by atoms with Crippen LogP contribution in [0.15, 0.2) is 59.7 Å². The Morgan fingerprint density at radius 1 is 1.19 bits per heavy atom. The molecule has 0 aliphatic carbocycles. The van der Waals surface area contributed by atoms with Crippen molar-refractivity contribution in [2.24, 2.45) is 11.4 Å². The number of nitrogen functional groups attached to an aromatic ring is 1. The number of rotatable bonds is 6. The molecule has 36 heavy (non-hydrogen) atoms. The van der Waals surface area contributed by atoms with E-state index in [1.807, 2.05) is 0 Å². The summed E-state index contributed by atoms with van der Waals surface area (Å²) in [7, 11) is -0.875. The van der Waals surface area contributed by atoms with Crippen LogP contribution in [0.3, 0.4) is 0 Å². The zero-order valence-electron chi connectivity index (χ0n) is 19.9. The molecule has 0 bridgehead atoms. The lowest BCUT2D eigenvalue weighted by Gasteiger charge is -2.12. The second-order valence-corrected chi connectivity index (χ2v) is 11.0. The number of anilines is 1. The minimum atomic E-state index is -2.58. The van der Waals surface area contributed by atoms with Gasteiger partial charge in [0.15, 0.2) is 0 Å². The maximum Gasteiger partial charge on any atom is 0.243 e. The normalized spacial score (nSPS) is 11.5. The molecule has 11 heteroatoms. The average molecular weight is 511 g/mol. The third-order valence-corrected chi connectivity index (χ3v) is 6.13. The van der Waals surface area contributed by atoms with E-state index < -0.39 is 21.4 Å². The minimum Gasteiger partial charge on any atom is -0.383 e. The molecule has 2 aromatic carbocycles. The molecule has 0 aliphatic rings. The van der Waals surface area contributed by atoms with Crippen LogP contribution in [-0.4, -0.2) is 37.2 Å². The molecule has 4 rings (SSSR count). The van der Waals surface area contributed by atoms with Gasteiger partial charge in [-0.2, -0.15) is 4.36 Å². The number of carbonyl (C=O) groups excluding carboxylic acids is 1. The lowest BCUT2D eigenvalue weighted by atomic mass is 9.97. The van der Waals surface area contributed by atoms with E-state index in [0.717, 1.165) is 6.08 Å². The fraction of sp³-hybridized carbons (Fsp3) is 0.160. The first kappa shape index (κ1) is 25.0. The first-order valence-electron chi connectivity index (χ1n) is 10.7. The first-order valence-corrected chi connectivity index (χ1v) is 13.1. The Morgan fingerprint density at radius 3 is 2.58 bits per heavy atom. The zero-order valence-corrected chi connectivity index (χ0v) is 20.7. The third kappa shape index (κ3) is 4.82. The van der Waals surface area contributed by atoms with Crippen LogP contribution in [0.4, 0.5) is 20.3 Å². The van der Waals surface area contributed by atoms with Gasteiger partial charge in [0.25, 0.3) is 0 Å². The molecular weight excluding hydrogens is 486 g/mol. The molecule has 186 valence electrons. The van der Waals surface area contributed by atoms with Crippen molar-refractivity contribution in [1.82, 2.24) is 19.9 Å². The number of carbonyl (C=O) groups is 1. The SMILES string of the molecule is C=CC(=O)NCc1ccc(-c2c(-c3ccc(N=S(C)(C)=O)c(F)c3)c3c(N)ncnc3n2C)c(F)c1. The fourth-order valence-corrected chi connectivity index (χ4v) is 4.59. The van der Waals surface area contributed by atoms with Crippen molar-refractivity contribution in [1.29, 1.82) is 0 Å². The van der Waals surface area contributed by atoms with E-state index >= 15 is 8.78 Å². The molecule has 1 amide bonds. The van der Waals surface area contributed by atoms with E-state index in [9.17, 15) is 9.00 Å². The van der Waals surface area contributed by atoms with E-state index in [4.69, 9.17) is 5.73 Å². The van der Waals surface area contributed by atoms with E-state index in [-0.39, 0.29) is 29.5 Å². The van der Waals surface area contributed by atoms with Crippen molar-refractivity contribution in [3.8, 4) is 22.4 Å². The standard InChI is InChI=1S/C25H24F2N6O2S/c1-5-20(34)29-12-14-6-8-16(17(26)10-14)23-21(22-24(28)30-13-31-25(22)33(23)2)15-7-9-19(18(27)11-15)32-36(3,4)35/h5-11,13H,1,12H2,2-4H3,(H,29,34)(H2,28,30,31). The summed E-state index contributed by atoms with van der Waals surface area (Å²) in [6.45, 7) is 3.51. The molecule has 0 radical (unpaired) electrons. The summed E-state index contributed by atoms with van der Waals surface area (Å²) in [6, 6.07) is 8.84. The van der Waals surface area contributed by atoms with Crippen molar-refractivity contribution in [3.63, 3.8) is 0 Å². The Kier molecular flexibility index (Phi) is 6.59. The average Bonchev–Trinajstić information content (AvgIpc) is 3.11. The summed E-state index contributed by atoms with van der Waals surface area (Å²) in [6.07, 6.45) is 5.26. The van der Waals surface area contributed by atoms with Crippen LogP contribution in [-0.2, 0) is 28.1 Å². The molecule has 4 aromatic rings. The second kappa shape index (κ2) is 9.50. The molecule has 8 nitrogen and oxygen atoms in total. The minimum absolute atomic E-state index is 0.0446. The number of hydrogen-bond donors (Lipinski definition) is 2. The van der Waals surface area contributed by atoms with Crippen molar-refractivity contribution in [2.75, 3.05) is 18.2 Å². The number of nitrogens with zero attached hydrogens (tertiary/aromatic N) is 4. The van der Waals surface area contributed by atoms with Gasteiger partial charge in [0.2, 0.25) is 5.91 Å². The molecule has 0 aliphatic heterocycles. The maximum atomic E-state index is 15.4. The fourth-order valence-electron chi connectivity index (χ4n) is 3.97. The summed E-state index contributed by atoms with van der Waals surface area (Å²) < 4.78 is 48.1.